The predicted molar refractivity (Wildman–Crippen MR) is 383 cm³/mol. The Bertz CT molecular complexity index is 2480. The van der Waals surface area contributed by atoms with Crippen LogP contribution in [0.3, 0.4) is 0 Å². The van der Waals surface area contributed by atoms with Crippen LogP contribution in [-0.4, -0.2) is 220 Å². The minimum Gasteiger partial charge on any atom is -0.459 e. The smallest absolute Gasteiger partial charge is 0.331 e. The first-order chi connectivity index (χ1) is 47.1. The van der Waals surface area contributed by atoms with E-state index < -0.39 is 103 Å². The first-order valence-electron chi connectivity index (χ1n) is 37.4. The maximum absolute atomic E-state index is 14.0. The molecule has 0 aromatic rings. The summed E-state index contributed by atoms with van der Waals surface area (Å²) >= 11 is 0. The zero-order valence-corrected chi connectivity index (χ0v) is 63.4. The Hall–Kier alpha value is -3.26. The van der Waals surface area contributed by atoms with Gasteiger partial charge in [-0.15, -0.1) is 0 Å². The fourth-order valence-corrected chi connectivity index (χ4v) is 15.2. The van der Waals surface area contributed by atoms with Crippen LogP contribution in [0.5, 0.6) is 0 Å². The number of carbonyl (C=O) groups excluding carboxylic acids is 2. The normalized spacial score (nSPS) is 40.4. The Kier molecular flexibility index (Phi) is 38.8. The summed E-state index contributed by atoms with van der Waals surface area (Å²) in [4.78, 5) is 27.9. The lowest BCUT2D eigenvalue weighted by Gasteiger charge is -2.38. The van der Waals surface area contributed by atoms with Crippen molar-refractivity contribution >= 4 is 11.9 Å². The van der Waals surface area contributed by atoms with E-state index in [1.165, 1.54) is 12.2 Å². The summed E-state index contributed by atoms with van der Waals surface area (Å²) in [7, 11) is 9.98. The molecule has 0 radical (unpaired) electrons. The average Bonchev–Trinajstić information content (AvgIpc) is 1.03. The van der Waals surface area contributed by atoms with E-state index >= 15 is 0 Å². The lowest BCUT2D eigenvalue weighted by atomic mass is 9.78. The van der Waals surface area contributed by atoms with Gasteiger partial charge in [-0.25, -0.2) is 9.59 Å². The summed E-state index contributed by atoms with van der Waals surface area (Å²) in [5.41, 5.74) is 1.58. The van der Waals surface area contributed by atoms with Crippen molar-refractivity contribution in [2.24, 2.45) is 41.4 Å². The van der Waals surface area contributed by atoms with Crippen molar-refractivity contribution in [3.8, 4) is 0 Å². The maximum Gasteiger partial charge on any atom is 0.331 e. The van der Waals surface area contributed by atoms with Crippen LogP contribution in [0.2, 0.25) is 0 Å². The minimum absolute atomic E-state index is 0.00815. The molecule has 0 aromatic heterocycles. The number of allylic oxidation sites excluding steroid dienone is 4. The molecular weight excluding hydrogens is 1270 g/mol. The third-order valence-corrected chi connectivity index (χ3v) is 22.5. The molecule has 5 rings (SSSR count). The number of cyclic esters (lactones) is 2. The second kappa shape index (κ2) is 44.5. The maximum atomic E-state index is 14.0. The number of aliphatic hydroxyl groups excluding tert-OH is 6. The first-order valence-corrected chi connectivity index (χ1v) is 37.4. The molecule has 0 amide bonds. The summed E-state index contributed by atoms with van der Waals surface area (Å²) in [5, 5.41) is 71.7. The molecule has 20 heteroatoms. The first kappa shape index (κ1) is 86.4. The molecule has 2 unspecified atom stereocenters. The van der Waals surface area contributed by atoms with Crippen LogP contribution in [0.1, 0.15) is 198 Å². The number of fused-ring (bicyclic) bond motifs is 4. The standard InChI is InChI=1S/C79H134O20/c1-47-24-30-58(88-12)38-60-21-19-23-63(97-60)43-74(93-17)54(8)70(82)45-72(84)56(10)79(57(11)78(87)50(4)29-33-65-41-67(91-15)37-52(6)95-65)99-77(86)35-27-48(2)25-31-59(89-13)39-61-20-18-22-62(96-61)42-73(92-16)53(7)69(81)44-71(83)55(9)75(98-76(85)34-26-47)46-68(80)49(3)28-32-64-40-66(90-14)36-51(5)94-64/h18-21,24-27,34-35,49-75,78-84,87H,22-23,28-33,36-46H2,1-17H3/b34-26+,35-27+,47-24+,48-25-/t49-,50-,51-,52-,53+,54+,55-,56-,57-,58-,59-,60-,61-,62-,63?,64?,65-,66+,67+,68+,69-,70+,71+,72+,73+,74-,75-,78-,79-/m0/s1. The third kappa shape index (κ3) is 29.3. The molecule has 4 bridgehead atoms. The lowest BCUT2D eigenvalue weighted by Crippen LogP contribution is -2.45. The Balaban J connectivity index is 1.37. The number of methoxy groups -OCH3 is 6. The molecule has 20 nitrogen and oxygen atoms in total. The summed E-state index contributed by atoms with van der Waals surface area (Å²) in [6.07, 6.45) is 18.5. The SMILES string of the molecule is CO[C@H]1CC(CC[C@H](C)[C@H](O)C[C@@H]2OC(=O)/C=C/C(C)=C/C[C@H](OC)C[C@@H]3C=CCC(C[C@H](OC)[C@H](C)[C@H](O)C[C@@H](O)[C@H](C)[C@@H]([C@@H](C)[C@@H](O)[C@@H](C)CC[C@H]4C[C@H](OC)C[C@H](C)O4)OC(=O)/C=C/C(C)=C\C[C@H](OC)C[C@@H]4C=CC[C@@H](C[C@@H](OC)[C@H](C)[C@@H](O)C[C@@H](O)[C@@H]2C)O4)O3)O[C@@H](C)C1. The third-order valence-electron chi connectivity index (χ3n) is 22.5. The number of carbonyl (C=O) groups is 2. The predicted octanol–water partition coefficient (Wildman–Crippen LogP) is 11.2. The topological polar surface area (TPSA) is 266 Å². The number of esters is 2. The van der Waals surface area contributed by atoms with Gasteiger partial charge in [0.05, 0.1) is 122 Å². The highest BCUT2D eigenvalue weighted by molar-refractivity contribution is 5.83. The summed E-state index contributed by atoms with van der Waals surface area (Å²) in [6, 6.07) is 0. The summed E-state index contributed by atoms with van der Waals surface area (Å²) < 4.78 is 73.7. The van der Waals surface area contributed by atoms with E-state index in [4.69, 9.17) is 56.8 Å². The van der Waals surface area contributed by atoms with Crippen molar-refractivity contribution in [2.45, 2.75) is 332 Å². The highest BCUT2D eigenvalue weighted by Crippen LogP contribution is 2.36. The van der Waals surface area contributed by atoms with Gasteiger partial charge in [-0.3, -0.25) is 0 Å². The molecule has 5 heterocycles. The Morgan fingerprint density at radius 3 is 1.31 bits per heavy atom. The van der Waals surface area contributed by atoms with Crippen LogP contribution in [0.4, 0.5) is 0 Å². The highest BCUT2D eigenvalue weighted by atomic mass is 16.6. The van der Waals surface area contributed by atoms with Gasteiger partial charge in [0.1, 0.15) is 12.2 Å². The van der Waals surface area contributed by atoms with Gasteiger partial charge in [0, 0.05) is 117 Å². The zero-order valence-electron chi connectivity index (χ0n) is 63.4. The Morgan fingerprint density at radius 1 is 0.465 bits per heavy atom. The van der Waals surface area contributed by atoms with E-state index in [1.54, 1.807) is 68.7 Å². The van der Waals surface area contributed by atoms with E-state index in [2.05, 4.69) is 19.1 Å². The molecule has 0 saturated carbocycles. The van der Waals surface area contributed by atoms with Gasteiger partial charge in [0.15, 0.2) is 0 Å². The van der Waals surface area contributed by atoms with Crippen molar-refractivity contribution < 1.29 is 97.1 Å². The van der Waals surface area contributed by atoms with Gasteiger partial charge in [-0.2, -0.15) is 0 Å². The van der Waals surface area contributed by atoms with Gasteiger partial charge >= 0.3 is 11.9 Å². The molecule has 5 aliphatic rings. The van der Waals surface area contributed by atoms with Crippen LogP contribution in [0, 0.1) is 41.4 Å². The Labute approximate surface area is 594 Å². The number of ether oxygens (including phenoxy) is 12. The molecule has 2 saturated heterocycles. The van der Waals surface area contributed by atoms with E-state index in [0.29, 0.717) is 64.2 Å². The quantitative estimate of drug-likeness (QED) is 0.0550. The fourth-order valence-electron chi connectivity index (χ4n) is 15.2. The van der Waals surface area contributed by atoms with Crippen molar-refractivity contribution in [1.82, 2.24) is 0 Å². The molecule has 6 N–H and O–H groups in total. The van der Waals surface area contributed by atoms with E-state index in [1.807, 2.05) is 79.7 Å². The molecule has 0 spiro atoms. The van der Waals surface area contributed by atoms with E-state index in [-0.39, 0.29) is 104 Å². The van der Waals surface area contributed by atoms with Gasteiger partial charge < -0.3 is 87.5 Å². The molecule has 99 heavy (non-hydrogen) atoms. The zero-order chi connectivity index (χ0) is 73.0. The molecule has 2 fully saturated rings. The van der Waals surface area contributed by atoms with Crippen LogP contribution < -0.4 is 0 Å². The molecular formula is C79H134O20. The summed E-state index contributed by atoms with van der Waals surface area (Å²) in [6.45, 7) is 21.1. The molecule has 0 aliphatic carbocycles. The number of hydrogen-bond acceptors (Lipinski definition) is 20. The molecule has 5 aliphatic heterocycles. The van der Waals surface area contributed by atoms with Gasteiger partial charge in [-0.05, 0) is 129 Å². The number of hydrogen-bond donors (Lipinski definition) is 6. The second-order valence-electron chi connectivity index (χ2n) is 30.3. The van der Waals surface area contributed by atoms with Gasteiger partial charge in [-0.1, -0.05) is 108 Å². The monoisotopic (exact) mass is 1400 g/mol. The average molecular weight is 1400 g/mol. The van der Waals surface area contributed by atoms with E-state index in [9.17, 15) is 40.2 Å². The largest absolute Gasteiger partial charge is 0.459 e. The second-order valence-corrected chi connectivity index (χ2v) is 30.3. The molecule has 570 valence electrons. The van der Waals surface area contributed by atoms with Crippen LogP contribution in [-0.2, 0) is 66.4 Å². The summed E-state index contributed by atoms with van der Waals surface area (Å²) in [5.74, 6) is -4.54. The number of rotatable bonds is 18. The van der Waals surface area contributed by atoms with Gasteiger partial charge in [0.25, 0.3) is 0 Å². The van der Waals surface area contributed by atoms with Gasteiger partial charge in [0.2, 0.25) is 0 Å². The van der Waals surface area contributed by atoms with Crippen LogP contribution >= 0.6 is 0 Å². The van der Waals surface area contributed by atoms with Crippen molar-refractivity contribution in [1.29, 1.82) is 0 Å². The molecule has 0 aromatic carbocycles. The van der Waals surface area contributed by atoms with Crippen molar-refractivity contribution in [3.63, 3.8) is 0 Å². The van der Waals surface area contributed by atoms with Crippen LogP contribution in [0.25, 0.3) is 0 Å². The van der Waals surface area contributed by atoms with Crippen LogP contribution in [0.15, 0.2) is 71.9 Å². The van der Waals surface area contributed by atoms with Crippen molar-refractivity contribution in [2.75, 3.05) is 42.7 Å². The molecule has 29 atom stereocenters. The lowest BCUT2D eigenvalue weighted by molar-refractivity contribution is -0.157. The highest BCUT2D eigenvalue weighted by Gasteiger charge is 2.41. The number of aliphatic hydroxyl groups is 6. The Morgan fingerprint density at radius 2 is 0.879 bits per heavy atom. The van der Waals surface area contributed by atoms with Crippen molar-refractivity contribution in [3.05, 3.63) is 71.9 Å². The minimum atomic E-state index is -1.14. The van der Waals surface area contributed by atoms with E-state index in [0.717, 1.165) is 49.7 Å². The fraction of sp³-hybridized carbons (Fsp3) is 0.823.